The summed E-state index contributed by atoms with van der Waals surface area (Å²) in [7, 11) is 0. The number of fused-ring (bicyclic) bond motifs is 1. The number of ether oxygens (including phenoxy) is 1. The van der Waals surface area contributed by atoms with E-state index >= 15 is 0 Å². The van der Waals surface area contributed by atoms with Crippen molar-refractivity contribution in [3.05, 3.63) is 50.4 Å². The molecule has 0 bridgehead atoms. The van der Waals surface area contributed by atoms with Gasteiger partial charge in [0.05, 0.1) is 6.61 Å². The van der Waals surface area contributed by atoms with Crippen LogP contribution < -0.4 is 10.5 Å². The molecule has 1 heterocycles. The molecule has 0 saturated carbocycles. The molecule has 20 heavy (non-hydrogen) atoms. The van der Waals surface area contributed by atoms with Crippen molar-refractivity contribution >= 4 is 49.3 Å². The van der Waals surface area contributed by atoms with E-state index in [0.29, 0.717) is 0 Å². The molecule has 2 aromatic rings. The molecule has 2 aromatic carbocycles. The average Bonchev–Trinajstić information content (AvgIpc) is 2.85. The SMILES string of the molecule is Nc1ccc(SCc2cc(Br)cc3c2OCC3)c(Br)c1. The second-order valence-electron chi connectivity index (χ2n) is 4.63. The van der Waals surface area contributed by atoms with E-state index in [4.69, 9.17) is 10.5 Å². The molecule has 3 rings (SSSR count). The monoisotopic (exact) mass is 413 g/mol. The van der Waals surface area contributed by atoms with Gasteiger partial charge in [-0.1, -0.05) is 15.9 Å². The van der Waals surface area contributed by atoms with Crippen molar-refractivity contribution in [3.63, 3.8) is 0 Å². The van der Waals surface area contributed by atoms with Crippen LogP contribution in [0.5, 0.6) is 5.75 Å². The number of anilines is 1. The van der Waals surface area contributed by atoms with Crippen LogP contribution in [0.2, 0.25) is 0 Å². The van der Waals surface area contributed by atoms with E-state index in [1.54, 1.807) is 11.8 Å². The van der Waals surface area contributed by atoms with E-state index < -0.39 is 0 Å². The third-order valence-electron chi connectivity index (χ3n) is 3.16. The zero-order chi connectivity index (χ0) is 14.1. The molecule has 0 unspecified atom stereocenters. The number of thioether (sulfide) groups is 1. The van der Waals surface area contributed by atoms with E-state index in [0.717, 1.165) is 39.2 Å². The second-order valence-corrected chi connectivity index (χ2v) is 7.42. The summed E-state index contributed by atoms with van der Waals surface area (Å²) >= 11 is 8.91. The first-order valence-electron chi connectivity index (χ1n) is 6.25. The highest BCUT2D eigenvalue weighted by atomic mass is 79.9. The van der Waals surface area contributed by atoms with Crippen molar-refractivity contribution in [2.45, 2.75) is 17.1 Å². The first-order chi connectivity index (χ1) is 9.63. The molecule has 2 N–H and O–H groups in total. The largest absolute Gasteiger partial charge is 0.493 e. The third kappa shape index (κ3) is 3.00. The Kier molecular flexibility index (Phi) is 4.29. The summed E-state index contributed by atoms with van der Waals surface area (Å²) < 4.78 is 7.91. The van der Waals surface area contributed by atoms with Gasteiger partial charge in [0.25, 0.3) is 0 Å². The van der Waals surface area contributed by atoms with Crippen LogP contribution in [0.15, 0.2) is 44.2 Å². The zero-order valence-electron chi connectivity index (χ0n) is 10.7. The Hall–Kier alpha value is -0.650. The van der Waals surface area contributed by atoms with Gasteiger partial charge >= 0.3 is 0 Å². The van der Waals surface area contributed by atoms with Crippen LogP contribution in [0.25, 0.3) is 0 Å². The fourth-order valence-corrected chi connectivity index (χ4v) is 4.42. The molecule has 0 amide bonds. The summed E-state index contributed by atoms with van der Waals surface area (Å²) in [5.74, 6) is 1.94. The minimum absolute atomic E-state index is 0.771. The van der Waals surface area contributed by atoms with Crippen LogP contribution >= 0.6 is 43.6 Å². The second kappa shape index (κ2) is 6.00. The lowest BCUT2D eigenvalue weighted by atomic mass is 10.1. The maximum atomic E-state index is 5.76. The Bertz CT molecular complexity index is 661. The Morgan fingerprint density at radius 3 is 2.85 bits per heavy atom. The summed E-state index contributed by atoms with van der Waals surface area (Å²) in [6.45, 7) is 0.787. The number of halogens is 2. The zero-order valence-corrected chi connectivity index (χ0v) is 14.6. The van der Waals surface area contributed by atoms with E-state index in [2.05, 4.69) is 44.0 Å². The molecule has 104 valence electrons. The minimum atomic E-state index is 0.771. The summed E-state index contributed by atoms with van der Waals surface area (Å²) in [6.07, 6.45) is 0.998. The molecule has 5 heteroatoms. The van der Waals surface area contributed by atoms with Gasteiger partial charge in [0, 0.05) is 37.3 Å². The topological polar surface area (TPSA) is 35.2 Å². The van der Waals surface area contributed by atoms with Crippen molar-refractivity contribution in [1.29, 1.82) is 0 Å². The van der Waals surface area contributed by atoms with Gasteiger partial charge < -0.3 is 10.5 Å². The summed E-state index contributed by atoms with van der Waals surface area (Å²) in [6, 6.07) is 10.2. The average molecular weight is 415 g/mol. The number of benzene rings is 2. The third-order valence-corrected chi connectivity index (χ3v) is 5.66. The molecule has 2 nitrogen and oxygen atoms in total. The van der Waals surface area contributed by atoms with Gasteiger partial charge in [-0.25, -0.2) is 0 Å². The summed E-state index contributed by atoms with van der Waals surface area (Å²) in [5.41, 5.74) is 9.07. The highest BCUT2D eigenvalue weighted by molar-refractivity contribution is 9.10. The molecule has 0 saturated heterocycles. The lowest BCUT2D eigenvalue weighted by Crippen LogP contribution is -1.91. The molecular formula is C15H13Br2NOS. The lowest BCUT2D eigenvalue weighted by molar-refractivity contribution is 0.354. The Morgan fingerprint density at radius 1 is 1.20 bits per heavy atom. The van der Waals surface area contributed by atoms with Crippen LogP contribution in [0.4, 0.5) is 5.69 Å². The van der Waals surface area contributed by atoms with Gasteiger partial charge in [0.1, 0.15) is 5.75 Å². The molecule has 1 aliphatic heterocycles. The number of nitrogen functional groups attached to an aromatic ring is 1. The van der Waals surface area contributed by atoms with Gasteiger partial charge in [-0.15, -0.1) is 11.8 Å². The normalized spacial score (nSPS) is 13.1. The fourth-order valence-electron chi connectivity index (χ4n) is 2.24. The van der Waals surface area contributed by atoms with Crippen LogP contribution in [-0.4, -0.2) is 6.61 Å². The van der Waals surface area contributed by atoms with E-state index in [1.807, 2.05) is 18.2 Å². The number of hydrogen-bond acceptors (Lipinski definition) is 3. The van der Waals surface area contributed by atoms with Gasteiger partial charge in [-0.05, 0) is 51.8 Å². The summed E-state index contributed by atoms with van der Waals surface area (Å²) in [5, 5.41) is 0. The van der Waals surface area contributed by atoms with Gasteiger partial charge in [-0.2, -0.15) is 0 Å². The van der Waals surface area contributed by atoms with E-state index in [-0.39, 0.29) is 0 Å². The van der Waals surface area contributed by atoms with Crippen molar-refractivity contribution in [2.75, 3.05) is 12.3 Å². The molecule has 0 spiro atoms. The molecule has 0 atom stereocenters. The molecular weight excluding hydrogens is 402 g/mol. The van der Waals surface area contributed by atoms with Gasteiger partial charge in [0.2, 0.25) is 0 Å². The molecule has 1 aliphatic rings. The highest BCUT2D eigenvalue weighted by Gasteiger charge is 2.17. The van der Waals surface area contributed by atoms with Crippen LogP contribution in [0.3, 0.4) is 0 Å². The smallest absolute Gasteiger partial charge is 0.126 e. The Morgan fingerprint density at radius 2 is 2.05 bits per heavy atom. The minimum Gasteiger partial charge on any atom is -0.493 e. The van der Waals surface area contributed by atoms with Crippen molar-refractivity contribution in [3.8, 4) is 5.75 Å². The van der Waals surface area contributed by atoms with Crippen molar-refractivity contribution in [1.82, 2.24) is 0 Å². The highest BCUT2D eigenvalue weighted by Crippen LogP contribution is 2.38. The number of nitrogens with two attached hydrogens (primary N) is 1. The predicted molar refractivity (Wildman–Crippen MR) is 91.5 cm³/mol. The quantitative estimate of drug-likeness (QED) is 0.565. The van der Waals surface area contributed by atoms with Crippen LogP contribution in [0, 0.1) is 0 Å². The maximum absolute atomic E-state index is 5.76. The molecule has 0 fully saturated rings. The van der Waals surface area contributed by atoms with Gasteiger partial charge in [0.15, 0.2) is 0 Å². The lowest BCUT2D eigenvalue weighted by Gasteiger charge is -2.10. The molecule has 0 aromatic heterocycles. The summed E-state index contributed by atoms with van der Waals surface area (Å²) in [4.78, 5) is 1.19. The van der Waals surface area contributed by atoms with E-state index in [9.17, 15) is 0 Å². The number of rotatable bonds is 3. The predicted octanol–water partition coefficient (Wildman–Crippen LogP) is 5.02. The number of hydrogen-bond donors (Lipinski definition) is 1. The fraction of sp³-hybridized carbons (Fsp3) is 0.200. The Balaban J connectivity index is 1.82. The molecule has 0 aliphatic carbocycles. The standard InChI is InChI=1S/C15H13Br2NOS/c16-11-5-9-3-4-19-15(9)10(6-11)8-20-14-2-1-12(18)7-13(14)17/h1-2,5-7H,3-4,8,18H2. The maximum Gasteiger partial charge on any atom is 0.126 e. The van der Waals surface area contributed by atoms with E-state index in [1.165, 1.54) is 16.0 Å². The van der Waals surface area contributed by atoms with Crippen molar-refractivity contribution in [2.24, 2.45) is 0 Å². The first-order valence-corrected chi connectivity index (χ1v) is 8.82. The van der Waals surface area contributed by atoms with Gasteiger partial charge in [-0.3, -0.25) is 0 Å². The molecule has 0 radical (unpaired) electrons. The van der Waals surface area contributed by atoms with Crippen molar-refractivity contribution < 1.29 is 4.74 Å². The Labute approximate surface area is 139 Å². The first kappa shape index (κ1) is 14.3. The van der Waals surface area contributed by atoms with Crippen LogP contribution in [-0.2, 0) is 12.2 Å². The van der Waals surface area contributed by atoms with Crippen LogP contribution in [0.1, 0.15) is 11.1 Å².